The first-order valence-electron chi connectivity index (χ1n) is 12.8. The zero-order chi connectivity index (χ0) is 26.6. The molecule has 1 heterocycles. The van der Waals surface area contributed by atoms with Crippen LogP contribution in [-0.4, -0.2) is 53.2 Å². The van der Waals surface area contributed by atoms with Crippen molar-refractivity contribution in [3.05, 3.63) is 104 Å². The lowest BCUT2D eigenvalue weighted by Gasteiger charge is -2.36. The molecule has 2 amide bonds. The van der Waals surface area contributed by atoms with Gasteiger partial charge in [0.1, 0.15) is 0 Å². The quantitative estimate of drug-likeness (QED) is 0.360. The highest BCUT2D eigenvalue weighted by atomic mass is 79.9. The first-order chi connectivity index (χ1) is 18.4. The number of benzene rings is 3. The number of hydrogen-bond acceptors (Lipinski definition) is 4. The van der Waals surface area contributed by atoms with Crippen molar-refractivity contribution in [2.24, 2.45) is 11.8 Å². The maximum Gasteiger partial charge on any atom is 0.254 e. The monoisotopic (exact) mass is 640 g/mol. The number of likely N-dealkylation sites (tertiary alicyclic amines) is 1. The first kappa shape index (κ1) is 27.1. The van der Waals surface area contributed by atoms with Gasteiger partial charge in [-0.2, -0.15) is 0 Å². The lowest BCUT2D eigenvalue weighted by Crippen LogP contribution is -2.54. The van der Waals surface area contributed by atoms with Crippen molar-refractivity contribution in [2.45, 2.75) is 37.6 Å². The third kappa shape index (κ3) is 6.04. The van der Waals surface area contributed by atoms with Crippen LogP contribution >= 0.6 is 31.9 Å². The van der Waals surface area contributed by atoms with Gasteiger partial charge in [-0.15, -0.1) is 0 Å². The van der Waals surface area contributed by atoms with Gasteiger partial charge in [-0.05, 0) is 66.9 Å². The van der Waals surface area contributed by atoms with Crippen LogP contribution in [0.5, 0.6) is 0 Å². The fourth-order valence-electron chi connectivity index (χ4n) is 5.75. The van der Waals surface area contributed by atoms with Crippen LogP contribution in [-0.2, 0) is 11.3 Å². The second kappa shape index (κ2) is 12.1. The molecule has 198 valence electrons. The van der Waals surface area contributed by atoms with Gasteiger partial charge < -0.3 is 20.1 Å². The van der Waals surface area contributed by atoms with Crippen LogP contribution in [0.1, 0.15) is 39.1 Å². The number of hydrogen-bond donors (Lipinski definition) is 2. The average Bonchev–Trinajstić information content (AvgIpc) is 3.20. The van der Waals surface area contributed by atoms with Crippen molar-refractivity contribution in [3.8, 4) is 0 Å². The van der Waals surface area contributed by atoms with Crippen LogP contribution in [0.15, 0.2) is 87.8 Å². The molecule has 2 N–H and O–H groups in total. The number of amides is 2. The molecule has 1 aliphatic heterocycles. The molecule has 6 nitrogen and oxygen atoms in total. The number of aliphatic hydroxyl groups excluding tert-OH is 1. The largest absolute Gasteiger partial charge is 0.393 e. The minimum Gasteiger partial charge on any atom is -0.393 e. The number of rotatable bonds is 7. The van der Waals surface area contributed by atoms with Gasteiger partial charge in [-0.1, -0.05) is 62.2 Å². The molecule has 1 aliphatic carbocycles. The molecule has 3 aromatic rings. The molecular formula is C30H30Br2N2O4. The molecule has 8 heteroatoms. The fraction of sp³-hybridized carbons (Fsp3) is 0.333. The Morgan fingerprint density at radius 3 is 2.21 bits per heavy atom. The van der Waals surface area contributed by atoms with E-state index in [1.54, 1.807) is 24.3 Å². The molecule has 0 radical (unpaired) electrons. The second-order valence-corrected chi connectivity index (χ2v) is 11.8. The topological polar surface area (TPSA) is 78.9 Å². The molecule has 2 aliphatic rings. The highest BCUT2D eigenvalue weighted by Crippen LogP contribution is 2.41. The van der Waals surface area contributed by atoms with Crippen molar-refractivity contribution in [3.63, 3.8) is 0 Å². The summed E-state index contributed by atoms with van der Waals surface area (Å²) in [6.45, 7) is 1.31. The summed E-state index contributed by atoms with van der Waals surface area (Å²) < 4.78 is 7.93. The summed E-state index contributed by atoms with van der Waals surface area (Å²) in [6, 6.07) is 23.8. The number of halogens is 2. The molecule has 0 aromatic heterocycles. The van der Waals surface area contributed by atoms with E-state index in [0.717, 1.165) is 14.5 Å². The molecule has 0 spiro atoms. The van der Waals surface area contributed by atoms with Gasteiger partial charge in [0.2, 0.25) is 0 Å². The van der Waals surface area contributed by atoms with Gasteiger partial charge in [0.05, 0.1) is 31.4 Å². The van der Waals surface area contributed by atoms with Crippen LogP contribution in [0.25, 0.3) is 0 Å². The number of ether oxygens (including phenoxy) is 1. The molecular weight excluding hydrogens is 612 g/mol. The summed E-state index contributed by atoms with van der Waals surface area (Å²) >= 11 is 6.85. The van der Waals surface area contributed by atoms with Crippen LogP contribution in [0.2, 0.25) is 0 Å². The van der Waals surface area contributed by atoms with E-state index in [1.165, 1.54) is 0 Å². The number of aliphatic hydroxyl groups is 1. The SMILES string of the molecule is O=C(N[C@@H]1[C@H]2C[C@@H](COCc3ccccc3)[C@@H]1N(C(=O)c1ccc(Br)cc1)CC[C@H]2O)c1ccc(Br)cc1. The van der Waals surface area contributed by atoms with Crippen molar-refractivity contribution in [2.75, 3.05) is 13.2 Å². The number of nitrogens with zero attached hydrogens (tertiary/aromatic N) is 1. The molecule has 3 aromatic carbocycles. The Bertz CT molecular complexity index is 1250. The fourth-order valence-corrected chi connectivity index (χ4v) is 6.28. The van der Waals surface area contributed by atoms with E-state index < -0.39 is 12.1 Å². The zero-order valence-electron chi connectivity index (χ0n) is 20.8. The molecule has 38 heavy (non-hydrogen) atoms. The van der Waals surface area contributed by atoms with Gasteiger partial charge in [-0.25, -0.2) is 0 Å². The van der Waals surface area contributed by atoms with Crippen LogP contribution < -0.4 is 5.32 Å². The predicted molar refractivity (Wildman–Crippen MR) is 153 cm³/mol. The highest BCUT2D eigenvalue weighted by molar-refractivity contribution is 9.10. The molecule has 5 atom stereocenters. The number of carbonyl (C=O) groups is 2. The third-order valence-electron chi connectivity index (χ3n) is 7.61. The number of fused-ring (bicyclic) bond motifs is 2. The van der Waals surface area contributed by atoms with Crippen LogP contribution in [0, 0.1) is 11.8 Å². The maximum absolute atomic E-state index is 13.8. The van der Waals surface area contributed by atoms with Gasteiger partial charge in [0.15, 0.2) is 0 Å². The first-order valence-corrected chi connectivity index (χ1v) is 14.4. The second-order valence-electron chi connectivity index (χ2n) is 10.0. The molecule has 2 bridgehead atoms. The Hall–Kier alpha value is -2.52. The summed E-state index contributed by atoms with van der Waals surface area (Å²) in [5.41, 5.74) is 2.19. The number of nitrogens with one attached hydrogen (secondary N) is 1. The van der Waals surface area contributed by atoms with Crippen molar-refractivity contribution in [1.29, 1.82) is 0 Å². The van der Waals surface area contributed by atoms with Crippen molar-refractivity contribution < 1.29 is 19.4 Å². The Kier molecular flexibility index (Phi) is 8.63. The van der Waals surface area contributed by atoms with E-state index in [4.69, 9.17) is 4.74 Å². The molecule has 2 fully saturated rings. The van der Waals surface area contributed by atoms with Crippen LogP contribution in [0.3, 0.4) is 0 Å². The summed E-state index contributed by atoms with van der Waals surface area (Å²) in [5.74, 6) is -0.526. The minimum atomic E-state index is -0.630. The van der Waals surface area contributed by atoms with E-state index in [-0.39, 0.29) is 29.7 Å². The Morgan fingerprint density at radius 2 is 1.55 bits per heavy atom. The Balaban J connectivity index is 1.42. The van der Waals surface area contributed by atoms with E-state index in [9.17, 15) is 14.7 Å². The summed E-state index contributed by atoms with van der Waals surface area (Å²) in [7, 11) is 0. The number of carbonyl (C=O) groups excluding carboxylic acids is 2. The summed E-state index contributed by atoms with van der Waals surface area (Å²) in [6.07, 6.45) is 0.497. The van der Waals surface area contributed by atoms with Gasteiger partial charge >= 0.3 is 0 Å². The van der Waals surface area contributed by atoms with Crippen LogP contribution in [0.4, 0.5) is 0 Å². The lowest BCUT2D eigenvalue weighted by atomic mass is 9.94. The average molecular weight is 642 g/mol. The van der Waals surface area contributed by atoms with E-state index in [0.29, 0.717) is 43.7 Å². The van der Waals surface area contributed by atoms with Gasteiger partial charge in [0.25, 0.3) is 11.8 Å². The minimum absolute atomic E-state index is 0.0340. The third-order valence-corrected chi connectivity index (χ3v) is 8.66. The van der Waals surface area contributed by atoms with E-state index in [1.807, 2.05) is 59.5 Å². The molecule has 0 unspecified atom stereocenters. The van der Waals surface area contributed by atoms with E-state index >= 15 is 0 Å². The van der Waals surface area contributed by atoms with E-state index in [2.05, 4.69) is 37.2 Å². The summed E-state index contributed by atoms with van der Waals surface area (Å²) in [4.78, 5) is 29.0. The smallest absolute Gasteiger partial charge is 0.254 e. The maximum atomic E-state index is 13.8. The normalized spacial score (nSPS) is 24.6. The Labute approximate surface area is 239 Å². The summed E-state index contributed by atoms with van der Waals surface area (Å²) in [5, 5.41) is 14.4. The lowest BCUT2D eigenvalue weighted by molar-refractivity contribution is 0.0314. The zero-order valence-corrected chi connectivity index (χ0v) is 24.0. The van der Waals surface area contributed by atoms with Crippen molar-refractivity contribution in [1.82, 2.24) is 10.2 Å². The Morgan fingerprint density at radius 1 is 0.921 bits per heavy atom. The van der Waals surface area contributed by atoms with Crippen molar-refractivity contribution >= 4 is 43.7 Å². The predicted octanol–water partition coefficient (Wildman–Crippen LogP) is 5.44. The standard InChI is InChI=1S/C30H30Br2N2O4/c31-23-10-6-20(7-11-23)29(36)33-27-25-16-22(18-38-17-19-4-2-1-3-5-19)28(27)34(15-14-26(25)35)30(37)21-8-12-24(32)13-9-21/h1-13,22,25-28,35H,14-18H2,(H,33,36)/t22-,25-,26+,27+,28-/m0/s1. The molecule has 1 saturated heterocycles. The van der Waals surface area contributed by atoms with Gasteiger partial charge in [0, 0.05) is 38.5 Å². The van der Waals surface area contributed by atoms with Gasteiger partial charge in [-0.3, -0.25) is 9.59 Å². The molecule has 1 saturated carbocycles. The molecule has 5 rings (SSSR count). The highest BCUT2D eigenvalue weighted by Gasteiger charge is 2.52.